The number of rotatable bonds is 2. The highest BCUT2D eigenvalue weighted by molar-refractivity contribution is 5.45. The Balaban J connectivity index is 2.02. The molecular formula is C18H14O. The van der Waals surface area contributed by atoms with Crippen LogP contribution in [0.25, 0.3) is 0 Å². The van der Waals surface area contributed by atoms with Crippen molar-refractivity contribution in [2.24, 2.45) is 0 Å². The molecule has 19 heavy (non-hydrogen) atoms. The van der Waals surface area contributed by atoms with Gasteiger partial charge < -0.3 is 4.74 Å². The van der Waals surface area contributed by atoms with Gasteiger partial charge in [-0.05, 0) is 55.2 Å². The van der Waals surface area contributed by atoms with Crippen LogP contribution >= 0.6 is 0 Å². The van der Waals surface area contributed by atoms with Crippen LogP contribution in [0.15, 0.2) is 54.6 Å². The van der Waals surface area contributed by atoms with Gasteiger partial charge in [-0.3, -0.25) is 0 Å². The molecule has 0 heterocycles. The fourth-order valence-corrected chi connectivity index (χ4v) is 1.53. The topological polar surface area (TPSA) is 9.23 Å². The summed E-state index contributed by atoms with van der Waals surface area (Å²) in [6.45, 7) is 2.64. The van der Waals surface area contributed by atoms with Crippen LogP contribution in [0.4, 0.5) is 0 Å². The smallest absolute Gasteiger partial charge is 0.119 e. The lowest BCUT2D eigenvalue weighted by Crippen LogP contribution is -1.90. The van der Waals surface area contributed by atoms with Gasteiger partial charge in [0.25, 0.3) is 0 Å². The molecule has 1 heteroatoms. The van der Waals surface area contributed by atoms with E-state index in [-0.39, 0.29) is 0 Å². The first-order chi connectivity index (χ1) is 9.38. The van der Waals surface area contributed by atoms with Crippen LogP contribution in [0.3, 0.4) is 0 Å². The monoisotopic (exact) mass is 246 g/mol. The predicted octanol–water partition coefficient (Wildman–Crippen LogP) is 3.49. The van der Waals surface area contributed by atoms with Crippen molar-refractivity contribution >= 4 is 0 Å². The highest BCUT2D eigenvalue weighted by atomic mass is 16.5. The molecule has 0 aliphatic carbocycles. The lowest BCUT2D eigenvalue weighted by atomic mass is 10.2. The molecule has 0 spiro atoms. The molecule has 2 aromatic rings. The molecule has 2 aromatic carbocycles. The van der Waals surface area contributed by atoms with E-state index in [1.807, 2.05) is 61.5 Å². The second-order valence-electron chi connectivity index (χ2n) is 3.82. The Hall–Kier alpha value is -2.64. The molecular weight excluding hydrogens is 232 g/mol. The first-order valence-electron chi connectivity index (χ1n) is 6.18. The molecule has 0 radical (unpaired) electrons. The third-order valence-electron chi connectivity index (χ3n) is 2.42. The van der Waals surface area contributed by atoms with Crippen LogP contribution < -0.4 is 4.74 Å². The number of hydrogen-bond acceptors (Lipinski definition) is 1. The Morgan fingerprint density at radius 2 is 1.37 bits per heavy atom. The van der Waals surface area contributed by atoms with Crippen molar-refractivity contribution < 1.29 is 4.74 Å². The van der Waals surface area contributed by atoms with Crippen molar-refractivity contribution in [3.05, 3.63) is 65.7 Å². The Morgan fingerprint density at radius 1 is 0.789 bits per heavy atom. The van der Waals surface area contributed by atoms with Crippen LogP contribution in [-0.4, -0.2) is 6.61 Å². The average Bonchev–Trinajstić information content (AvgIpc) is 2.47. The van der Waals surface area contributed by atoms with Gasteiger partial charge >= 0.3 is 0 Å². The Bertz CT molecular complexity index is 631. The summed E-state index contributed by atoms with van der Waals surface area (Å²) >= 11 is 0. The number of hydrogen-bond donors (Lipinski definition) is 0. The number of ether oxygens (including phenoxy) is 1. The van der Waals surface area contributed by atoms with Crippen molar-refractivity contribution in [1.29, 1.82) is 0 Å². The minimum absolute atomic E-state index is 0.674. The first kappa shape index (κ1) is 12.8. The molecule has 1 nitrogen and oxygen atoms in total. The molecule has 0 fully saturated rings. The molecule has 0 saturated carbocycles. The molecule has 0 aliphatic heterocycles. The summed E-state index contributed by atoms with van der Waals surface area (Å²) in [7, 11) is 0. The van der Waals surface area contributed by atoms with E-state index in [9.17, 15) is 0 Å². The lowest BCUT2D eigenvalue weighted by Gasteiger charge is -2.00. The summed E-state index contributed by atoms with van der Waals surface area (Å²) in [5, 5.41) is 0. The first-order valence-corrected chi connectivity index (χ1v) is 6.18. The summed E-state index contributed by atoms with van der Waals surface area (Å²) in [6.07, 6.45) is 0. The summed E-state index contributed by atoms with van der Waals surface area (Å²) in [5.74, 6) is 12.6. The van der Waals surface area contributed by atoms with Gasteiger partial charge in [0.2, 0.25) is 0 Å². The minimum Gasteiger partial charge on any atom is -0.494 e. The van der Waals surface area contributed by atoms with E-state index in [4.69, 9.17) is 4.74 Å². The van der Waals surface area contributed by atoms with E-state index in [0.717, 1.165) is 16.9 Å². The minimum atomic E-state index is 0.674. The van der Waals surface area contributed by atoms with Gasteiger partial charge in [0.15, 0.2) is 0 Å². The van der Waals surface area contributed by atoms with Crippen molar-refractivity contribution in [2.75, 3.05) is 6.61 Å². The summed E-state index contributed by atoms with van der Waals surface area (Å²) in [6, 6.07) is 17.5. The van der Waals surface area contributed by atoms with Crippen LogP contribution in [-0.2, 0) is 0 Å². The maximum atomic E-state index is 5.37. The summed E-state index contributed by atoms with van der Waals surface area (Å²) in [4.78, 5) is 0. The fourth-order valence-electron chi connectivity index (χ4n) is 1.53. The molecule has 0 amide bonds. The zero-order valence-corrected chi connectivity index (χ0v) is 10.8. The molecule has 0 saturated heterocycles. The van der Waals surface area contributed by atoms with Crippen LogP contribution in [0, 0.1) is 23.7 Å². The number of benzene rings is 2. The third-order valence-corrected chi connectivity index (χ3v) is 2.42. The van der Waals surface area contributed by atoms with Crippen molar-refractivity contribution in [3.63, 3.8) is 0 Å². The summed E-state index contributed by atoms with van der Waals surface area (Å²) < 4.78 is 5.37. The van der Waals surface area contributed by atoms with Gasteiger partial charge in [0, 0.05) is 11.1 Å². The zero-order chi connectivity index (χ0) is 13.3. The fraction of sp³-hybridized carbons (Fsp3) is 0.111. The second kappa shape index (κ2) is 6.94. The maximum absolute atomic E-state index is 5.37. The highest BCUT2D eigenvalue weighted by Gasteiger charge is 1.90. The summed E-state index contributed by atoms with van der Waals surface area (Å²) in [5.41, 5.74) is 1.91. The van der Waals surface area contributed by atoms with E-state index in [0.29, 0.717) is 6.61 Å². The molecule has 0 aliphatic rings. The van der Waals surface area contributed by atoms with Gasteiger partial charge in [0.1, 0.15) is 5.75 Å². The standard InChI is InChI=1S/C18H14O/c1-2-19-18-14-12-17(13-15-18)11-7-6-10-16-8-4-3-5-9-16/h3-5,8-9,12-15H,2H2,1H3. The molecule has 0 unspecified atom stereocenters. The van der Waals surface area contributed by atoms with Gasteiger partial charge in [0.05, 0.1) is 6.61 Å². The Morgan fingerprint density at radius 3 is 1.95 bits per heavy atom. The van der Waals surface area contributed by atoms with Gasteiger partial charge in [-0.15, -0.1) is 0 Å². The second-order valence-corrected chi connectivity index (χ2v) is 3.82. The Labute approximate surface area is 114 Å². The van der Waals surface area contributed by atoms with Crippen molar-refractivity contribution in [1.82, 2.24) is 0 Å². The molecule has 2 rings (SSSR count). The van der Waals surface area contributed by atoms with Crippen molar-refractivity contribution in [3.8, 4) is 29.4 Å². The van der Waals surface area contributed by atoms with Crippen LogP contribution in [0.1, 0.15) is 18.1 Å². The predicted molar refractivity (Wildman–Crippen MR) is 77.8 cm³/mol. The largest absolute Gasteiger partial charge is 0.494 e. The van der Waals surface area contributed by atoms with Gasteiger partial charge in [-0.25, -0.2) is 0 Å². The zero-order valence-electron chi connectivity index (χ0n) is 10.8. The molecule has 0 atom stereocenters. The SMILES string of the molecule is CCOc1ccc(C#CC#Cc2ccccc2)cc1. The molecule has 0 bridgehead atoms. The lowest BCUT2D eigenvalue weighted by molar-refractivity contribution is 0.340. The quantitative estimate of drug-likeness (QED) is 0.737. The molecule has 0 N–H and O–H groups in total. The van der Waals surface area contributed by atoms with Crippen molar-refractivity contribution in [2.45, 2.75) is 6.92 Å². The van der Waals surface area contributed by atoms with E-state index < -0.39 is 0 Å². The average molecular weight is 246 g/mol. The molecule has 0 aromatic heterocycles. The van der Waals surface area contributed by atoms with Gasteiger partial charge in [-0.2, -0.15) is 0 Å². The van der Waals surface area contributed by atoms with E-state index in [1.54, 1.807) is 0 Å². The Kier molecular flexibility index (Phi) is 4.68. The van der Waals surface area contributed by atoms with Crippen LogP contribution in [0.2, 0.25) is 0 Å². The van der Waals surface area contributed by atoms with E-state index in [2.05, 4.69) is 23.7 Å². The van der Waals surface area contributed by atoms with E-state index >= 15 is 0 Å². The van der Waals surface area contributed by atoms with Gasteiger partial charge in [-0.1, -0.05) is 30.0 Å². The maximum Gasteiger partial charge on any atom is 0.119 e. The normalized spacial score (nSPS) is 8.68. The highest BCUT2D eigenvalue weighted by Crippen LogP contribution is 2.10. The third kappa shape index (κ3) is 4.26. The molecule has 92 valence electrons. The van der Waals surface area contributed by atoms with E-state index in [1.165, 1.54) is 0 Å². The van der Waals surface area contributed by atoms with Crippen LogP contribution in [0.5, 0.6) is 5.75 Å².